The van der Waals surface area contributed by atoms with Crippen molar-refractivity contribution in [3.63, 3.8) is 0 Å². The van der Waals surface area contributed by atoms with Gasteiger partial charge in [-0.1, -0.05) is 35.9 Å². The van der Waals surface area contributed by atoms with Crippen molar-refractivity contribution in [2.45, 2.75) is 11.5 Å². The first-order chi connectivity index (χ1) is 14.0. The highest BCUT2D eigenvalue weighted by Crippen LogP contribution is 2.17. The highest BCUT2D eigenvalue weighted by atomic mass is 35.5. The summed E-state index contributed by atoms with van der Waals surface area (Å²) < 4.78 is 35.3. The molecule has 0 aliphatic rings. The first-order valence-electron chi connectivity index (χ1n) is 8.62. The molecular weight excluding hydrogens is 412 g/mol. The van der Waals surface area contributed by atoms with Crippen molar-refractivity contribution in [1.82, 2.24) is 4.83 Å². The fourth-order valence-corrected chi connectivity index (χ4v) is 3.46. The molecule has 150 valence electrons. The van der Waals surface area contributed by atoms with Crippen LogP contribution in [0, 0.1) is 0 Å². The Morgan fingerprint density at radius 3 is 2.48 bits per heavy atom. The molecular formula is C21H19ClN2O4S. The summed E-state index contributed by atoms with van der Waals surface area (Å²) in [6, 6.07) is 20.6. The third-order valence-corrected chi connectivity index (χ3v) is 5.38. The monoisotopic (exact) mass is 430 g/mol. The fourth-order valence-electron chi connectivity index (χ4n) is 2.46. The molecule has 29 heavy (non-hydrogen) atoms. The number of hydrogen-bond acceptors (Lipinski definition) is 5. The summed E-state index contributed by atoms with van der Waals surface area (Å²) in [6.07, 6.45) is 1.41. The maximum Gasteiger partial charge on any atom is 0.276 e. The van der Waals surface area contributed by atoms with Crippen LogP contribution in [-0.2, 0) is 16.6 Å². The predicted molar refractivity (Wildman–Crippen MR) is 113 cm³/mol. The molecule has 0 aliphatic carbocycles. The Hall–Kier alpha value is -3.03. The molecule has 0 aliphatic heterocycles. The molecule has 0 atom stereocenters. The molecule has 0 saturated heterocycles. The maximum atomic E-state index is 12.3. The van der Waals surface area contributed by atoms with E-state index in [0.717, 1.165) is 5.56 Å². The minimum atomic E-state index is -3.76. The van der Waals surface area contributed by atoms with Crippen LogP contribution in [0.3, 0.4) is 0 Å². The lowest BCUT2D eigenvalue weighted by Gasteiger charge is -2.07. The summed E-state index contributed by atoms with van der Waals surface area (Å²) in [7, 11) is -2.25. The van der Waals surface area contributed by atoms with Crippen molar-refractivity contribution in [2.75, 3.05) is 7.11 Å². The van der Waals surface area contributed by atoms with Gasteiger partial charge in [0.15, 0.2) is 0 Å². The second-order valence-corrected chi connectivity index (χ2v) is 8.12. The van der Waals surface area contributed by atoms with Crippen molar-refractivity contribution >= 4 is 27.8 Å². The normalized spacial score (nSPS) is 11.4. The molecule has 0 aromatic heterocycles. The van der Waals surface area contributed by atoms with Crippen LogP contribution in [0.15, 0.2) is 82.8 Å². The van der Waals surface area contributed by atoms with Gasteiger partial charge >= 0.3 is 0 Å². The Morgan fingerprint density at radius 2 is 1.76 bits per heavy atom. The van der Waals surface area contributed by atoms with Crippen LogP contribution in [0.4, 0.5) is 0 Å². The van der Waals surface area contributed by atoms with E-state index in [1.165, 1.54) is 25.5 Å². The van der Waals surface area contributed by atoms with E-state index in [1.807, 2.05) is 24.3 Å². The molecule has 0 unspecified atom stereocenters. The van der Waals surface area contributed by atoms with Gasteiger partial charge in [-0.2, -0.15) is 13.5 Å². The van der Waals surface area contributed by atoms with Crippen LogP contribution in [-0.4, -0.2) is 21.7 Å². The Labute approximate surface area is 174 Å². The lowest BCUT2D eigenvalue weighted by atomic mass is 10.2. The zero-order chi connectivity index (χ0) is 20.7. The number of ether oxygens (including phenoxy) is 2. The number of benzene rings is 3. The summed E-state index contributed by atoms with van der Waals surface area (Å²) in [6.45, 7) is 0.366. The molecule has 0 amide bonds. The number of hydrazone groups is 1. The van der Waals surface area contributed by atoms with Crippen molar-refractivity contribution < 1.29 is 17.9 Å². The maximum absolute atomic E-state index is 12.3. The zero-order valence-corrected chi connectivity index (χ0v) is 17.2. The third kappa shape index (κ3) is 5.97. The van der Waals surface area contributed by atoms with Gasteiger partial charge in [0.2, 0.25) is 0 Å². The molecule has 0 heterocycles. The van der Waals surface area contributed by atoms with Gasteiger partial charge in [-0.3, -0.25) is 0 Å². The van der Waals surface area contributed by atoms with E-state index >= 15 is 0 Å². The van der Waals surface area contributed by atoms with E-state index in [4.69, 9.17) is 21.1 Å². The van der Waals surface area contributed by atoms with Gasteiger partial charge in [0.25, 0.3) is 10.0 Å². The molecule has 0 spiro atoms. The third-order valence-electron chi connectivity index (χ3n) is 3.91. The first kappa shape index (κ1) is 20.7. The Morgan fingerprint density at radius 1 is 1.00 bits per heavy atom. The number of halogens is 1. The molecule has 1 N–H and O–H groups in total. The smallest absolute Gasteiger partial charge is 0.276 e. The largest absolute Gasteiger partial charge is 0.497 e. The van der Waals surface area contributed by atoms with Gasteiger partial charge in [0.05, 0.1) is 18.2 Å². The molecule has 0 saturated carbocycles. The van der Waals surface area contributed by atoms with Gasteiger partial charge in [0.1, 0.15) is 18.1 Å². The highest BCUT2D eigenvalue weighted by Gasteiger charge is 2.12. The van der Waals surface area contributed by atoms with Crippen molar-refractivity contribution in [3.05, 3.63) is 88.9 Å². The molecule has 8 heteroatoms. The minimum Gasteiger partial charge on any atom is -0.497 e. The average Bonchev–Trinajstić information content (AvgIpc) is 2.72. The average molecular weight is 431 g/mol. The minimum absolute atomic E-state index is 0.0917. The number of methoxy groups -OCH3 is 1. The van der Waals surface area contributed by atoms with Crippen LogP contribution in [0.2, 0.25) is 5.02 Å². The van der Waals surface area contributed by atoms with Crippen LogP contribution in [0.1, 0.15) is 11.1 Å². The topological polar surface area (TPSA) is 77.0 Å². The van der Waals surface area contributed by atoms with Crippen molar-refractivity contribution in [2.24, 2.45) is 5.10 Å². The molecule has 3 aromatic rings. The molecule has 3 rings (SSSR count). The quantitative estimate of drug-likeness (QED) is 0.428. The summed E-state index contributed by atoms with van der Waals surface area (Å²) in [5.41, 5.74) is 1.63. The van der Waals surface area contributed by atoms with E-state index in [9.17, 15) is 8.42 Å². The number of nitrogens with zero attached hydrogens (tertiary/aromatic N) is 1. The molecule has 0 bridgehead atoms. The Bertz CT molecular complexity index is 1100. The summed E-state index contributed by atoms with van der Waals surface area (Å²) >= 11 is 5.97. The van der Waals surface area contributed by atoms with Crippen LogP contribution in [0.5, 0.6) is 11.5 Å². The van der Waals surface area contributed by atoms with E-state index in [-0.39, 0.29) is 4.90 Å². The SMILES string of the molecule is COc1ccc(S(=O)(=O)N/N=C\c2cccc(OCc3cccc(Cl)c3)c2)cc1. The van der Waals surface area contributed by atoms with E-state index in [2.05, 4.69) is 9.93 Å². The summed E-state index contributed by atoms with van der Waals surface area (Å²) in [5, 5.41) is 4.49. The number of sulfonamides is 1. The number of nitrogens with one attached hydrogen (secondary N) is 1. The van der Waals surface area contributed by atoms with E-state index < -0.39 is 10.0 Å². The lowest BCUT2D eigenvalue weighted by molar-refractivity contribution is 0.306. The molecule has 6 nitrogen and oxygen atoms in total. The Balaban J connectivity index is 1.62. The zero-order valence-electron chi connectivity index (χ0n) is 15.6. The molecule has 0 radical (unpaired) electrons. The molecule has 0 fully saturated rings. The van der Waals surface area contributed by atoms with Crippen molar-refractivity contribution in [3.8, 4) is 11.5 Å². The highest BCUT2D eigenvalue weighted by molar-refractivity contribution is 7.89. The van der Waals surface area contributed by atoms with Crippen molar-refractivity contribution in [1.29, 1.82) is 0 Å². The number of hydrogen-bond donors (Lipinski definition) is 1. The van der Waals surface area contributed by atoms with Gasteiger partial charge in [-0.05, 0) is 59.7 Å². The van der Waals surface area contributed by atoms with Crippen LogP contribution < -0.4 is 14.3 Å². The Kier molecular flexibility index (Phi) is 6.74. The van der Waals surface area contributed by atoms with Gasteiger partial charge in [-0.25, -0.2) is 4.83 Å². The molecule has 3 aromatic carbocycles. The second kappa shape index (κ2) is 9.45. The van der Waals surface area contributed by atoms with Gasteiger partial charge < -0.3 is 9.47 Å². The first-order valence-corrected chi connectivity index (χ1v) is 10.5. The van der Waals surface area contributed by atoms with Gasteiger partial charge in [0, 0.05) is 5.02 Å². The lowest BCUT2D eigenvalue weighted by Crippen LogP contribution is -2.18. The predicted octanol–water partition coefficient (Wildman–Crippen LogP) is 4.24. The van der Waals surface area contributed by atoms with E-state index in [0.29, 0.717) is 28.7 Å². The van der Waals surface area contributed by atoms with Crippen LogP contribution >= 0.6 is 11.6 Å². The number of rotatable bonds is 8. The fraction of sp³-hybridized carbons (Fsp3) is 0.0952. The summed E-state index contributed by atoms with van der Waals surface area (Å²) in [5.74, 6) is 1.20. The summed E-state index contributed by atoms with van der Waals surface area (Å²) in [4.78, 5) is 2.28. The van der Waals surface area contributed by atoms with Crippen LogP contribution in [0.25, 0.3) is 0 Å². The van der Waals surface area contributed by atoms with E-state index in [1.54, 1.807) is 36.4 Å². The standard InChI is InChI=1S/C21H19ClN2O4S/c1-27-19-8-10-21(11-9-19)29(25,26)24-23-14-16-4-3-7-20(13-16)28-15-17-5-2-6-18(22)12-17/h2-14,24H,15H2,1H3/b23-14-. The van der Waals surface area contributed by atoms with Gasteiger partial charge in [-0.15, -0.1) is 0 Å². The second-order valence-electron chi connectivity index (χ2n) is 6.02.